The molecule has 3 heteroatoms. The van der Waals surface area contributed by atoms with Gasteiger partial charge in [0.2, 0.25) is 5.91 Å². The summed E-state index contributed by atoms with van der Waals surface area (Å²) in [4.78, 5) is 10.4. The van der Waals surface area contributed by atoms with Gasteiger partial charge in [-0.25, -0.2) is 0 Å². The summed E-state index contributed by atoms with van der Waals surface area (Å²) in [6, 6.07) is 0. The molecule has 0 radical (unpaired) electrons. The lowest BCUT2D eigenvalue weighted by Crippen LogP contribution is -2.17. The summed E-state index contributed by atoms with van der Waals surface area (Å²) in [7, 11) is 0. The highest BCUT2D eigenvalue weighted by Crippen LogP contribution is 2.11. The normalized spacial score (nSPS) is 13.0. The summed E-state index contributed by atoms with van der Waals surface area (Å²) in [6.45, 7) is 2.07. The van der Waals surface area contributed by atoms with Crippen LogP contribution in [0, 0.1) is 5.92 Å². The zero-order valence-corrected chi connectivity index (χ0v) is 7.03. The van der Waals surface area contributed by atoms with Crippen LogP contribution in [-0.4, -0.2) is 11.8 Å². The molecule has 0 aliphatic heterocycles. The van der Waals surface area contributed by atoms with E-state index in [9.17, 15) is 4.79 Å². The van der Waals surface area contributed by atoms with Crippen molar-refractivity contribution in [2.75, 3.05) is 5.88 Å². The molecule has 0 aliphatic carbocycles. The number of rotatable bonds is 5. The summed E-state index contributed by atoms with van der Waals surface area (Å²) in [5.41, 5.74) is 5.00. The van der Waals surface area contributed by atoms with E-state index in [0.29, 0.717) is 12.3 Å². The summed E-state index contributed by atoms with van der Waals surface area (Å²) in [5, 5.41) is 0. The van der Waals surface area contributed by atoms with E-state index in [2.05, 4.69) is 6.92 Å². The molecule has 0 aromatic rings. The van der Waals surface area contributed by atoms with Crippen LogP contribution < -0.4 is 5.73 Å². The van der Waals surface area contributed by atoms with Gasteiger partial charge >= 0.3 is 0 Å². The van der Waals surface area contributed by atoms with Crippen LogP contribution in [0.2, 0.25) is 0 Å². The largest absolute Gasteiger partial charge is 0.370 e. The SMILES string of the molecule is CCC[C@@H](CCl)CC(N)=O. The zero-order valence-electron chi connectivity index (χ0n) is 6.27. The third-order valence-electron chi connectivity index (χ3n) is 1.41. The first kappa shape index (κ1) is 9.76. The molecule has 10 heavy (non-hydrogen) atoms. The van der Waals surface area contributed by atoms with Gasteiger partial charge < -0.3 is 5.73 Å². The molecule has 0 aliphatic rings. The van der Waals surface area contributed by atoms with E-state index in [1.807, 2.05) is 0 Å². The van der Waals surface area contributed by atoms with Crippen molar-refractivity contribution in [1.29, 1.82) is 0 Å². The minimum Gasteiger partial charge on any atom is -0.370 e. The molecule has 0 saturated carbocycles. The van der Waals surface area contributed by atoms with Gasteiger partial charge in [0.25, 0.3) is 0 Å². The molecule has 0 unspecified atom stereocenters. The van der Waals surface area contributed by atoms with Crippen molar-refractivity contribution in [3.63, 3.8) is 0 Å². The van der Waals surface area contributed by atoms with Gasteiger partial charge in [0, 0.05) is 12.3 Å². The molecule has 2 nitrogen and oxygen atoms in total. The minimum atomic E-state index is -0.251. The monoisotopic (exact) mass is 163 g/mol. The van der Waals surface area contributed by atoms with Crippen LogP contribution in [0.5, 0.6) is 0 Å². The molecule has 0 spiro atoms. The molecule has 0 fully saturated rings. The highest BCUT2D eigenvalue weighted by atomic mass is 35.5. The van der Waals surface area contributed by atoms with Crippen molar-refractivity contribution >= 4 is 17.5 Å². The standard InChI is InChI=1S/C7H14ClNO/c1-2-3-6(5-8)4-7(9)10/h6H,2-5H2,1H3,(H2,9,10)/t6-/m1/s1. The van der Waals surface area contributed by atoms with Gasteiger partial charge in [-0.2, -0.15) is 0 Å². The van der Waals surface area contributed by atoms with E-state index in [0.717, 1.165) is 12.8 Å². The summed E-state index contributed by atoms with van der Waals surface area (Å²) in [5.74, 6) is 0.569. The Labute approximate surface area is 66.7 Å². The minimum absolute atomic E-state index is 0.251. The van der Waals surface area contributed by atoms with Gasteiger partial charge in [-0.05, 0) is 12.3 Å². The molecule has 0 heterocycles. The fourth-order valence-electron chi connectivity index (χ4n) is 0.927. The predicted octanol–water partition coefficient (Wildman–Crippen LogP) is 1.52. The lowest BCUT2D eigenvalue weighted by molar-refractivity contribution is -0.118. The molecular formula is C7H14ClNO. The summed E-state index contributed by atoms with van der Waals surface area (Å²) < 4.78 is 0. The number of primary amides is 1. The Balaban J connectivity index is 3.49. The second-order valence-corrected chi connectivity index (χ2v) is 2.79. The van der Waals surface area contributed by atoms with E-state index in [4.69, 9.17) is 17.3 Å². The van der Waals surface area contributed by atoms with Gasteiger partial charge in [-0.3, -0.25) is 4.79 Å². The Hall–Kier alpha value is -0.240. The van der Waals surface area contributed by atoms with Gasteiger partial charge in [-0.1, -0.05) is 13.3 Å². The van der Waals surface area contributed by atoms with Crippen LogP contribution in [-0.2, 0) is 4.79 Å². The number of alkyl halides is 1. The fraction of sp³-hybridized carbons (Fsp3) is 0.857. The average molecular weight is 164 g/mol. The van der Waals surface area contributed by atoms with Gasteiger partial charge in [0.05, 0.1) is 0 Å². The maximum atomic E-state index is 10.4. The third-order valence-corrected chi connectivity index (χ3v) is 1.84. The van der Waals surface area contributed by atoms with E-state index in [-0.39, 0.29) is 11.8 Å². The Bertz CT molecular complexity index is 106. The topological polar surface area (TPSA) is 43.1 Å². The van der Waals surface area contributed by atoms with Crippen molar-refractivity contribution < 1.29 is 4.79 Å². The van der Waals surface area contributed by atoms with Crippen LogP contribution >= 0.6 is 11.6 Å². The van der Waals surface area contributed by atoms with Crippen molar-refractivity contribution in [2.45, 2.75) is 26.2 Å². The first-order valence-electron chi connectivity index (χ1n) is 3.55. The predicted molar refractivity (Wildman–Crippen MR) is 42.9 cm³/mol. The summed E-state index contributed by atoms with van der Waals surface area (Å²) in [6.07, 6.45) is 2.48. The molecule has 0 saturated heterocycles. The Morgan fingerprint density at radius 3 is 2.60 bits per heavy atom. The number of amides is 1. The second-order valence-electron chi connectivity index (χ2n) is 2.48. The molecule has 60 valence electrons. The number of carbonyl (C=O) groups excluding carboxylic acids is 1. The van der Waals surface area contributed by atoms with Crippen molar-refractivity contribution in [3.8, 4) is 0 Å². The Kier molecular flexibility index (Phi) is 5.40. The number of nitrogens with two attached hydrogens (primary N) is 1. The average Bonchev–Trinajstić information content (AvgIpc) is 1.86. The smallest absolute Gasteiger partial charge is 0.217 e. The number of hydrogen-bond acceptors (Lipinski definition) is 1. The lowest BCUT2D eigenvalue weighted by Gasteiger charge is -2.08. The summed E-state index contributed by atoms with van der Waals surface area (Å²) >= 11 is 5.58. The molecule has 0 aromatic carbocycles. The van der Waals surface area contributed by atoms with Crippen LogP contribution in [0.1, 0.15) is 26.2 Å². The van der Waals surface area contributed by atoms with Gasteiger partial charge in [0.15, 0.2) is 0 Å². The van der Waals surface area contributed by atoms with E-state index in [1.54, 1.807) is 0 Å². The highest BCUT2D eigenvalue weighted by Gasteiger charge is 2.08. The first-order chi connectivity index (χ1) is 4.70. The molecule has 2 N–H and O–H groups in total. The van der Waals surface area contributed by atoms with Crippen LogP contribution in [0.3, 0.4) is 0 Å². The number of hydrogen-bond donors (Lipinski definition) is 1. The van der Waals surface area contributed by atoms with Crippen LogP contribution in [0.4, 0.5) is 0 Å². The van der Waals surface area contributed by atoms with Crippen molar-refractivity contribution in [2.24, 2.45) is 11.7 Å². The van der Waals surface area contributed by atoms with E-state index in [1.165, 1.54) is 0 Å². The Morgan fingerprint density at radius 1 is 1.70 bits per heavy atom. The molecule has 0 aromatic heterocycles. The van der Waals surface area contributed by atoms with Crippen molar-refractivity contribution in [1.82, 2.24) is 0 Å². The first-order valence-corrected chi connectivity index (χ1v) is 4.08. The maximum Gasteiger partial charge on any atom is 0.217 e. The maximum absolute atomic E-state index is 10.4. The van der Waals surface area contributed by atoms with Gasteiger partial charge in [-0.15, -0.1) is 11.6 Å². The second kappa shape index (κ2) is 5.54. The third kappa shape index (κ3) is 4.62. The number of carbonyl (C=O) groups is 1. The molecule has 1 amide bonds. The Morgan fingerprint density at radius 2 is 2.30 bits per heavy atom. The van der Waals surface area contributed by atoms with Gasteiger partial charge in [0.1, 0.15) is 0 Å². The highest BCUT2D eigenvalue weighted by molar-refractivity contribution is 6.18. The van der Waals surface area contributed by atoms with Crippen molar-refractivity contribution in [3.05, 3.63) is 0 Å². The molecule has 0 bridgehead atoms. The molecule has 1 atom stereocenters. The molecule has 0 rings (SSSR count). The van der Waals surface area contributed by atoms with E-state index < -0.39 is 0 Å². The molecular weight excluding hydrogens is 150 g/mol. The fourth-order valence-corrected chi connectivity index (χ4v) is 1.19. The quantitative estimate of drug-likeness (QED) is 0.614. The number of halogens is 1. The van der Waals surface area contributed by atoms with Crippen LogP contribution in [0.15, 0.2) is 0 Å². The lowest BCUT2D eigenvalue weighted by atomic mass is 10.0. The zero-order chi connectivity index (χ0) is 7.98. The van der Waals surface area contributed by atoms with E-state index >= 15 is 0 Å². The van der Waals surface area contributed by atoms with Crippen LogP contribution in [0.25, 0.3) is 0 Å².